The van der Waals surface area contributed by atoms with Crippen LogP contribution in [0.2, 0.25) is 5.02 Å². The summed E-state index contributed by atoms with van der Waals surface area (Å²) in [6.07, 6.45) is 2.40. The van der Waals surface area contributed by atoms with E-state index in [4.69, 9.17) is 16.3 Å². The molecule has 3 rings (SSSR count). The molecule has 0 bridgehead atoms. The van der Waals surface area contributed by atoms with E-state index in [2.05, 4.69) is 29.6 Å². The predicted molar refractivity (Wildman–Crippen MR) is 87.1 cm³/mol. The largest absolute Gasteiger partial charge is 0.487 e. The first-order valence-corrected chi connectivity index (χ1v) is 7.88. The second kappa shape index (κ2) is 6.97. The van der Waals surface area contributed by atoms with Gasteiger partial charge in [-0.05, 0) is 55.1 Å². The van der Waals surface area contributed by atoms with Gasteiger partial charge in [-0.3, -0.25) is 0 Å². The molecule has 1 N–H and O–H groups in total. The smallest absolute Gasteiger partial charge is 0.138 e. The number of para-hydroxylation sites is 1. The average Bonchev–Trinajstić information content (AvgIpc) is 2.55. The summed E-state index contributed by atoms with van der Waals surface area (Å²) < 4.78 is 5.91. The standard InChI is InChI=1S/C18H20ClNO/c19-17-7-3-4-8-18(17)21-13-15-5-1-2-6-16(15)14-9-11-20-12-10-14/h1-8,14,20H,9-13H2. The number of piperidine rings is 1. The number of hydrogen-bond acceptors (Lipinski definition) is 2. The lowest BCUT2D eigenvalue weighted by Gasteiger charge is -2.25. The fourth-order valence-corrected chi connectivity index (χ4v) is 3.10. The summed E-state index contributed by atoms with van der Waals surface area (Å²) in [4.78, 5) is 0. The van der Waals surface area contributed by atoms with E-state index in [0.717, 1.165) is 18.8 Å². The third-order valence-electron chi connectivity index (χ3n) is 4.05. The highest BCUT2D eigenvalue weighted by Crippen LogP contribution is 2.30. The van der Waals surface area contributed by atoms with Gasteiger partial charge in [0.05, 0.1) is 5.02 Å². The quantitative estimate of drug-likeness (QED) is 0.904. The Labute approximate surface area is 131 Å². The Balaban J connectivity index is 1.74. The molecule has 0 aliphatic carbocycles. The van der Waals surface area contributed by atoms with Crippen molar-refractivity contribution in [2.24, 2.45) is 0 Å². The molecule has 21 heavy (non-hydrogen) atoms. The summed E-state index contributed by atoms with van der Waals surface area (Å²) in [7, 11) is 0. The summed E-state index contributed by atoms with van der Waals surface area (Å²) in [5.74, 6) is 1.39. The Kier molecular flexibility index (Phi) is 4.79. The van der Waals surface area contributed by atoms with Crippen molar-refractivity contribution >= 4 is 11.6 Å². The van der Waals surface area contributed by atoms with E-state index in [9.17, 15) is 0 Å². The van der Waals surface area contributed by atoms with E-state index in [0.29, 0.717) is 17.5 Å². The number of ether oxygens (including phenoxy) is 1. The molecule has 0 unspecified atom stereocenters. The van der Waals surface area contributed by atoms with E-state index in [1.165, 1.54) is 24.0 Å². The van der Waals surface area contributed by atoms with Gasteiger partial charge in [-0.1, -0.05) is 48.0 Å². The second-order valence-corrected chi connectivity index (χ2v) is 5.85. The van der Waals surface area contributed by atoms with Crippen LogP contribution in [-0.2, 0) is 6.61 Å². The molecule has 1 fully saturated rings. The molecule has 110 valence electrons. The van der Waals surface area contributed by atoms with Crippen molar-refractivity contribution in [3.8, 4) is 5.75 Å². The molecule has 0 saturated carbocycles. The Morgan fingerprint density at radius 1 is 1.00 bits per heavy atom. The van der Waals surface area contributed by atoms with E-state index >= 15 is 0 Å². The van der Waals surface area contributed by atoms with E-state index in [1.807, 2.05) is 24.3 Å². The van der Waals surface area contributed by atoms with Crippen molar-refractivity contribution in [1.29, 1.82) is 0 Å². The number of halogens is 1. The van der Waals surface area contributed by atoms with Crippen molar-refractivity contribution in [2.75, 3.05) is 13.1 Å². The maximum absolute atomic E-state index is 6.15. The molecule has 1 aliphatic heterocycles. The summed E-state index contributed by atoms with van der Waals surface area (Å²) in [5, 5.41) is 4.08. The lowest BCUT2D eigenvalue weighted by molar-refractivity contribution is 0.303. The van der Waals surface area contributed by atoms with Crippen LogP contribution in [0.4, 0.5) is 0 Å². The molecule has 3 heteroatoms. The van der Waals surface area contributed by atoms with Crippen LogP contribution in [0.15, 0.2) is 48.5 Å². The lowest BCUT2D eigenvalue weighted by Crippen LogP contribution is -2.27. The maximum atomic E-state index is 6.15. The Morgan fingerprint density at radius 3 is 2.52 bits per heavy atom. The molecule has 1 aliphatic rings. The third-order valence-corrected chi connectivity index (χ3v) is 4.37. The van der Waals surface area contributed by atoms with Crippen LogP contribution in [-0.4, -0.2) is 13.1 Å². The molecule has 1 heterocycles. The first kappa shape index (κ1) is 14.4. The Bertz CT molecular complexity index is 593. The van der Waals surface area contributed by atoms with E-state index in [1.54, 1.807) is 0 Å². The first-order valence-electron chi connectivity index (χ1n) is 7.50. The van der Waals surface area contributed by atoms with Gasteiger partial charge < -0.3 is 10.1 Å². The topological polar surface area (TPSA) is 21.3 Å². The highest BCUT2D eigenvalue weighted by molar-refractivity contribution is 6.32. The van der Waals surface area contributed by atoms with Crippen LogP contribution in [0.3, 0.4) is 0 Å². The average molecular weight is 302 g/mol. The van der Waals surface area contributed by atoms with Crippen LogP contribution >= 0.6 is 11.6 Å². The molecular weight excluding hydrogens is 282 g/mol. The van der Waals surface area contributed by atoms with Gasteiger partial charge in [0.1, 0.15) is 12.4 Å². The minimum Gasteiger partial charge on any atom is -0.487 e. The maximum Gasteiger partial charge on any atom is 0.138 e. The third kappa shape index (κ3) is 3.58. The number of benzene rings is 2. The number of nitrogens with one attached hydrogen (secondary N) is 1. The number of hydrogen-bond donors (Lipinski definition) is 1. The van der Waals surface area contributed by atoms with Crippen LogP contribution in [0, 0.1) is 0 Å². The van der Waals surface area contributed by atoms with Gasteiger partial charge in [-0.15, -0.1) is 0 Å². The summed E-state index contributed by atoms with van der Waals surface area (Å²) in [5.41, 5.74) is 2.69. The molecule has 2 aromatic rings. The van der Waals surface area contributed by atoms with E-state index < -0.39 is 0 Å². The van der Waals surface area contributed by atoms with Crippen molar-refractivity contribution in [3.63, 3.8) is 0 Å². The van der Waals surface area contributed by atoms with Crippen LogP contribution in [0.25, 0.3) is 0 Å². The van der Waals surface area contributed by atoms with Gasteiger partial charge in [-0.25, -0.2) is 0 Å². The van der Waals surface area contributed by atoms with Gasteiger partial charge in [0.2, 0.25) is 0 Å². The highest BCUT2D eigenvalue weighted by Gasteiger charge is 2.18. The van der Waals surface area contributed by atoms with Gasteiger partial charge in [0.25, 0.3) is 0 Å². The highest BCUT2D eigenvalue weighted by atomic mass is 35.5. The van der Waals surface area contributed by atoms with Crippen LogP contribution in [0.5, 0.6) is 5.75 Å². The summed E-state index contributed by atoms with van der Waals surface area (Å²) >= 11 is 6.15. The fraction of sp³-hybridized carbons (Fsp3) is 0.333. The zero-order valence-corrected chi connectivity index (χ0v) is 12.8. The molecular formula is C18H20ClNO. The monoisotopic (exact) mass is 301 g/mol. The van der Waals surface area contributed by atoms with Crippen molar-refractivity contribution < 1.29 is 4.74 Å². The Morgan fingerprint density at radius 2 is 1.71 bits per heavy atom. The van der Waals surface area contributed by atoms with Gasteiger partial charge in [0.15, 0.2) is 0 Å². The summed E-state index contributed by atoms with van der Waals surface area (Å²) in [6, 6.07) is 16.2. The zero-order valence-electron chi connectivity index (χ0n) is 12.0. The molecule has 2 nitrogen and oxygen atoms in total. The normalized spacial score (nSPS) is 15.9. The van der Waals surface area contributed by atoms with Crippen LogP contribution in [0.1, 0.15) is 29.9 Å². The zero-order chi connectivity index (χ0) is 14.5. The lowest BCUT2D eigenvalue weighted by atomic mass is 9.87. The van der Waals surface area contributed by atoms with Crippen LogP contribution < -0.4 is 10.1 Å². The van der Waals surface area contributed by atoms with Gasteiger partial charge in [-0.2, -0.15) is 0 Å². The summed E-state index contributed by atoms with van der Waals surface area (Å²) in [6.45, 7) is 2.78. The number of rotatable bonds is 4. The minimum absolute atomic E-state index is 0.573. The van der Waals surface area contributed by atoms with E-state index in [-0.39, 0.29) is 0 Å². The predicted octanol–water partition coefficient (Wildman–Crippen LogP) is 4.39. The molecule has 0 radical (unpaired) electrons. The molecule has 0 spiro atoms. The fourth-order valence-electron chi connectivity index (χ4n) is 2.91. The molecule has 1 saturated heterocycles. The SMILES string of the molecule is Clc1ccccc1OCc1ccccc1C1CCNCC1. The van der Waals surface area contributed by atoms with Crippen molar-refractivity contribution in [2.45, 2.75) is 25.4 Å². The van der Waals surface area contributed by atoms with Crippen molar-refractivity contribution in [3.05, 3.63) is 64.7 Å². The molecule has 0 aromatic heterocycles. The minimum atomic E-state index is 0.573. The van der Waals surface area contributed by atoms with Crippen molar-refractivity contribution in [1.82, 2.24) is 5.32 Å². The first-order chi connectivity index (χ1) is 10.3. The molecule has 0 amide bonds. The Hall–Kier alpha value is -1.51. The molecule has 2 aromatic carbocycles. The van der Waals surface area contributed by atoms with Gasteiger partial charge in [0, 0.05) is 0 Å². The molecule has 0 atom stereocenters. The second-order valence-electron chi connectivity index (χ2n) is 5.44. The van der Waals surface area contributed by atoms with Gasteiger partial charge >= 0.3 is 0 Å².